The summed E-state index contributed by atoms with van der Waals surface area (Å²) in [4.78, 5) is 10.9. The largest absolute Gasteiger partial charge is 0.491 e. The molecule has 0 fully saturated rings. The number of ether oxygens (including phenoxy) is 3. The molecule has 0 aliphatic heterocycles. The summed E-state index contributed by atoms with van der Waals surface area (Å²) in [5.41, 5.74) is 5.91. The van der Waals surface area contributed by atoms with Crippen molar-refractivity contribution in [2.24, 2.45) is 0 Å². The van der Waals surface area contributed by atoms with Crippen LogP contribution in [0.25, 0.3) is 0 Å². The summed E-state index contributed by atoms with van der Waals surface area (Å²) in [5.74, 6) is -0.678. The van der Waals surface area contributed by atoms with E-state index in [2.05, 4.69) is 0 Å². The Morgan fingerprint density at radius 3 is 2.74 bits per heavy atom. The first-order chi connectivity index (χ1) is 9.16. The number of carboxylic acids is 1. The first-order valence-electron chi connectivity index (χ1n) is 5.98. The molecule has 19 heavy (non-hydrogen) atoms. The van der Waals surface area contributed by atoms with E-state index in [-0.39, 0.29) is 11.3 Å². The molecule has 1 aromatic carbocycles. The van der Waals surface area contributed by atoms with Gasteiger partial charge in [0.15, 0.2) is 0 Å². The molecule has 0 atom stereocenters. The zero-order valence-corrected chi connectivity index (χ0v) is 10.9. The molecule has 0 saturated carbocycles. The van der Waals surface area contributed by atoms with Crippen molar-refractivity contribution >= 4 is 11.7 Å². The molecular weight excluding hydrogens is 250 g/mol. The highest BCUT2D eigenvalue weighted by atomic mass is 16.5. The molecule has 106 valence electrons. The van der Waals surface area contributed by atoms with Crippen LogP contribution in [0.1, 0.15) is 16.8 Å². The predicted molar refractivity (Wildman–Crippen MR) is 70.6 cm³/mol. The second-order valence-corrected chi connectivity index (χ2v) is 3.83. The third-order valence-electron chi connectivity index (χ3n) is 2.42. The second kappa shape index (κ2) is 8.34. The summed E-state index contributed by atoms with van der Waals surface area (Å²) in [6.07, 6.45) is 0.695. The van der Waals surface area contributed by atoms with E-state index in [1.165, 1.54) is 6.07 Å². The lowest BCUT2D eigenvalue weighted by atomic mass is 10.1. The summed E-state index contributed by atoms with van der Waals surface area (Å²) < 4.78 is 15.5. The zero-order chi connectivity index (χ0) is 14.1. The van der Waals surface area contributed by atoms with Crippen molar-refractivity contribution < 1.29 is 24.1 Å². The van der Waals surface area contributed by atoms with Gasteiger partial charge >= 0.3 is 5.97 Å². The molecule has 6 heteroatoms. The average Bonchev–Trinajstić information content (AvgIpc) is 2.39. The third kappa shape index (κ3) is 5.15. The van der Waals surface area contributed by atoms with Crippen LogP contribution in [0.3, 0.4) is 0 Å². The normalized spacial score (nSPS) is 10.4. The van der Waals surface area contributed by atoms with Gasteiger partial charge in [-0.1, -0.05) is 6.07 Å². The first kappa shape index (κ1) is 15.3. The Hall–Kier alpha value is -1.79. The molecule has 6 nitrogen and oxygen atoms in total. The first-order valence-corrected chi connectivity index (χ1v) is 5.98. The van der Waals surface area contributed by atoms with Crippen LogP contribution in [0.2, 0.25) is 0 Å². The van der Waals surface area contributed by atoms with Gasteiger partial charge in [0.1, 0.15) is 5.75 Å². The Morgan fingerprint density at radius 2 is 2.05 bits per heavy atom. The van der Waals surface area contributed by atoms with Crippen molar-refractivity contribution in [1.29, 1.82) is 0 Å². The van der Waals surface area contributed by atoms with Crippen molar-refractivity contribution in [3.63, 3.8) is 0 Å². The van der Waals surface area contributed by atoms with Crippen molar-refractivity contribution in [1.82, 2.24) is 0 Å². The molecule has 0 radical (unpaired) electrons. The Bertz CT molecular complexity index is 408. The number of rotatable bonds is 9. The highest BCUT2D eigenvalue weighted by Gasteiger charge is 2.11. The van der Waals surface area contributed by atoms with Gasteiger partial charge in [0.2, 0.25) is 0 Å². The molecule has 0 aliphatic carbocycles. The lowest BCUT2D eigenvalue weighted by molar-refractivity contribution is 0.0644. The topological polar surface area (TPSA) is 91.0 Å². The number of hydrogen-bond acceptors (Lipinski definition) is 5. The minimum atomic E-state index is -1.06. The monoisotopic (exact) mass is 269 g/mol. The van der Waals surface area contributed by atoms with Gasteiger partial charge in [0.25, 0.3) is 0 Å². The van der Waals surface area contributed by atoms with E-state index in [0.29, 0.717) is 38.6 Å². The van der Waals surface area contributed by atoms with Gasteiger partial charge in [-0.2, -0.15) is 0 Å². The van der Waals surface area contributed by atoms with Gasteiger partial charge in [-0.05, 0) is 12.1 Å². The second-order valence-electron chi connectivity index (χ2n) is 3.83. The van der Waals surface area contributed by atoms with Crippen molar-refractivity contribution in [3.05, 3.63) is 23.8 Å². The van der Waals surface area contributed by atoms with E-state index in [1.807, 2.05) is 0 Å². The quantitative estimate of drug-likeness (QED) is 0.520. The molecule has 1 rings (SSSR count). The zero-order valence-electron chi connectivity index (χ0n) is 10.9. The van der Waals surface area contributed by atoms with Crippen LogP contribution < -0.4 is 10.5 Å². The highest BCUT2D eigenvalue weighted by Crippen LogP contribution is 2.25. The maximum atomic E-state index is 10.9. The Balaban J connectivity index is 2.33. The highest BCUT2D eigenvalue weighted by molar-refractivity contribution is 5.95. The SMILES string of the molecule is COCCOCCCOc1cccc(C(=O)O)c1N. The van der Waals surface area contributed by atoms with E-state index < -0.39 is 5.97 Å². The lowest BCUT2D eigenvalue weighted by Crippen LogP contribution is -2.09. The van der Waals surface area contributed by atoms with Gasteiger partial charge in [0, 0.05) is 20.1 Å². The lowest BCUT2D eigenvalue weighted by Gasteiger charge is -2.10. The molecule has 0 spiro atoms. The van der Waals surface area contributed by atoms with Crippen LogP contribution in [-0.2, 0) is 9.47 Å². The Labute approximate surface area is 112 Å². The molecule has 3 N–H and O–H groups in total. The van der Waals surface area contributed by atoms with Crippen LogP contribution in [0.15, 0.2) is 18.2 Å². The van der Waals surface area contributed by atoms with Gasteiger partial charge in [-0.25, -0.2) is 4.79 Å². The summed E-state index contributed by atoms with van der Waals surface area (Å²) in [7, 11) is 1.62. The average molecular weight is 269 g/mol. The fraction of sp³-hybridized carbons (Fsp3) is 0.462. The summed E-state index contributed by atoms with van der Waals surface area (Å²) in [6, 6.07) is 4.69. The molecule has 0 aliphatic rings. The number of methoxy groups -OCH3 is 1. The maximum Gasteiger partial charge on any atom is 0.337 e. The van der Waals surface area contributed by atoms with Crippen LogP contribution in [-0.4, -0.2) is 44.6 Å². The van der Waals surface area contributed by atoms with Crippen LogP contribution >= 0.6 is 0 Å². The van der Waals surface area contributed by atoms with E-state index in [4.69, 9.17) is 25.1 Å². The van der Waals surface area contributed by atoms with Crippen LogP contribution in [0.4, 0.5) is 5.69 Å². The van der Waals surface area contributed by atoms with Crippen LogP contribution in [0.5, 0.6) is 5.75 Å². The number of para-hydroxylation sites is 1. The van der Waals surface area contributed by atoms with E-state index in [9.17, 15) is 4.79 Å². The van der Waals surface area contributed by atoms with Gasteiger partial charge < -0.3 is 25.1 Å². The number of nitrogens with two attached hydrogens (primary N) is 1. The van der Waals surface area contributed by atoms with Crippen molar-refractivity contribution in [2.75, 3.05) is 39.3 Å². The van der Waals surface area contributed by atoms with Crippen LogP contribution in [0, 0.1) is 0 Å². The fourth-order valence-corrected chi connectivity index (χ4v) is 1.44. The standard InChI is InChI=1S/C13H19NO5/c1-17-8-9-18-6-3-7-19-11-5-2-4-10(12(11)14)13(15)16/h2,4-5H,3,6-9,14H2,1H3,(H,15,16). The Morgan fingerprint density at radius 1 is 1.26 bits per heavy atom. The molecule has 0 bridgehead atoms. The minimum Gasteiger partial charge on any atom is -0.491 e. The third-order valence-corrected chi connectivity index (χ3v) is 2.42. The molecular formula is C13H19NO5. The van der Waals surface area contributed by atoms with Gasteiger partial charge in [-0.3, -0.25) is 0 Å². The predicted octanol–water partition coefficient (Wildman–Crippen LogP) is 1.40. The van der Waals surface area contributed by atoms with E-state index in [0.717, 1.165) is 0 Å². The van der Waals surface area contributed by atoms with Gasteiger partial charge in [0.05, 0.1) is 31.1 Å². The molecule has 1 aromatic rings. The number of carboxylic acid groups (broad SMARTS) is 1. The molecule has 0 heterocycles. The van der Waals surface area contributed by atoms with Crippen molar-refractivity contribution in [3.8, 4) is 5.75 Å². The number of carbonyl (C=O) groups is 1. The summed E-state index contributed by atoms with van der Waals surface area (Å²) in [6.45, 7) is 2.09. The number of aromatic carboxylic acids is 1. The molecule has 0 amide bonds. The molecule has 0 unspecified atom stereocenters. The number of nitrogen functional groups attached to an aromatic ring is 1. The number of anilines is 1. The number of hydrogen-bond donors (Lipinski definition) is 2. The fourth-order valence-electron chi connectivity index (χ4n) is 1.44. The van der Waals surface area contributed by atoms with Gasteiger partial charge in [-0.15, -0.1) is 0 Å². The Kier molecular flexibility index (Phi) is 6.70. The molecule has 0 aromatic heterocycles. The summed E-state index contributed by atoms with van der Waals surface area (Å²) >= 11 is 0. The summed E-state index contributed by atoms with van der Waals surface area (Å²) in [5, 5.41) is 8.91. The van der Waals surface area contributed by atoms with E-state index >= 15 is 0 Å². The van der Waals surface area contributed by atoms with Crippen molar-refractivity contribution in [2.45, 2.75) is 6.42 Å². The smallest absolute Gasteiger partial charge is 0.337 e. The molecule has 0 saturated heterocycles. The van der Waals surface area contributed by atoms with E-state index in [1.54, 1.807) is 19.2 Å². The number of benzene rings is 1. The maximum absolute atomic E-state index is 10.9. The minimum absolute atomic E-state index is 0.0499.